The van der Waals surface area contributed by atoms with Crippen LogP contribution in [0.2, 0.25) is 0 Å². The van der Waals surface area contributed by atoms with Crippen LogP contribution in [0.1, 0.15) is 237 Å². The number of allylic oxidation sites excluding steroid dienone is 3. The van der Waals surface area contributed by atoms with Crippen LogP contribution >= 0.6 is 0 Å². The Morgan fingerprint density at radius 2 is 0.792 bits per heavy atom. The van der Waals surface area contributed by atoms with Crippen LogP contribution in [0.5, 0.6) is 0 Å². The third-order valence-electron chi connectivity index (χ3n) is 14.5. The first-order valence-electron chi connectivity index (χ1n) is 22.6. The van der Waals surface area contributed by atoms with E-state index in [1.165, 1.54) is 153 Å². The molecule has 23 heteroatoms. The van der Waals surface area contributed by atoms with Crippen LogP contribution in [-0.2, 0) is 687 Å². The molecule has 1 rings (SSSR count). The minimum atomic E-state index is -0.708. The Morgan fingerprint density at radius 3 is 1.14 bits per heavy atom. The first-order valence-corrected chi connectivity index (χ1v) is 22.6. The summed E-state index contributed by atoms with van der Waals surface area (Å²) < 4.78 is 0. The summed E-state index contributed by atoms with van der Waals surface area (Å²) in [5.74, 6) is 0. The third-order valence-corrected chi connectivity index (χ3v) is 14.5. The molecule has 365 valence electrons. The third kappa shape index (κ3) is 57.0. The fourth-order valence-corrected chi connectivity index (χ4v) is 10.9. The molecule has 1 aliphatic rings. The predicted molar refractivity (Wildman–Crippen MR) is 228 cm³/mol. The summed E-state index contributed by atoms with van der Waals surface area (Å²) in [6.07, 6.45) is 38.6. The molecule has 1 saturated carbocycles. The molecule has 72 heavy (non-hydrogen) atoms. The molecule has 0 heterocycles. The molecule has 1 aliphatic carbocycles. The van der Waals surface area contributed by atoms with E-state index < -0.39 is 17.6 Å². The number of aliphatic hydroxyl groups is 2. The minimum Gasteiger partial charge on any atom is -0.438 e. The van der Waals surface area contributed by atoms with E-state index in [1.807, 2.05) is 6.42 Å². The van der Waals surface area contributed by atoms with E-state index in [1.54, 1.807) is 6.42 Å². The molecule has 0 unspecified atom stereocenters. The van der Waals surface area contributed by atoms with Crippen LogP contribution in [0.25, 0.3) is 0 Å². The summed E-state index contributed by atoms with van der Waals surface area (Å²) in [5, 5.41) is 21.6. The molecule has 2 N–H and O–H groups in total. The summed E-state index contributed by atoms with van der Waals surface area (Å²) in [6, 6.07) is 0. The van der Waals surface area contributed by atoms with E-state index >= 15 is 0 Å². The van der Waals surface area contributed by atoms with Crippen molar-refractivity contribution in [3.05, 3.63) is 36.1 Å². The van der Waals surface area contributed by atoms with Crippen molar-refractivity contribution in [3.8, 4) is 0 Å². The van der Waals surface area contributed by atoms with Gasteiger partial charge in [-0.3, -0.25) is 6.42 Å². The van der Waals surface area contributed by atoms with Crippen LogP contribution in [0, 0.1) is 39.9 Å². The Hall–Kier alpha value is 22.5. The van der Waals surface area contributed by atoms with Crippen molar-refractivity contribution in [2.24, 2.45) is 27.1 Å². The zero-order valence-electron chi connectivity index (χ0n) is 49.0. The number of aliphatic hydroxyl groups excluding tert-OH is 2. The maximum Gasteiger partial charge on any atom is 0 e. The maximum atomic E-state index is 10.9. The molecule has 0 saturated heterocycles. The zero-order chi connectivity index (χ0) is 38.6. The summed E-state index contributed by atoms with van der Waals surface area (Å²) in [4.78, 5) is 0. The molecule has 0 amide bonds. The first-order chi connectivity index (χ1) is 24.2. The minimum absolute atomic E-state index is 0. The Bertz CT molecular complexity index is 1040. The van der Waals surface area contributed by atoms with E-state index in [0.29, 0.717) is 0 Å². The standard InChI is InChI=1S/C49H92O2.21Y/c1-13-19-23-26-28-29-35-45(8,9)49(37-30-25-21-15-3,38-31-27-24-20-14-2)47(12,36-22-16-4)48(18-6,34-17-5)41(7)32-33-42-39-43(50)40-44(51)46(42,10)11;;;;;;;;;;;;;;;;;;;;;/h32-33,39-40,43-44,50-51H,13-31,34-38H2,1-12H3;;;;;;;;;;;;;;;;;;;;;/q-2;;;;;;;;;;;;;;;;;;;;;/b41-32+,42-33+;;;;;;;;;;;;;;;;;;;;;/t43-,44+,47-,48-,49+;;;;;;;;;;;;;;;;;;;;;/m1...................../s1. The number of unbranched alkanes of at least 4 members (excludes halogenated alkanes) is 13. The van der Waals surface area contributed by atoms with E-state index in [2.05, 4.69) is 95.2 Å². The van der Waals surface area contributed by atoms with E-state index in [0.717, 1.165) is 12.0 Å². The number of hydrogen-bond donors (Lipinski definition) is 2. The van der Waals surface area contributed by atoms with Crippen LogP contribution < -0.4 is 0 Å². The van der Waals surface area contributed by atoms with Crippen molar-refractivity contribution in [3.63, 3.8) is 0 Å². The van der Waals surface area contributed by atoms with Gasteiger partial charge >= 0.3 is 0 Å². The van der Waals surface area contributed by atoms with Crippen LogP contribution in [0.3, 0.4) is 0 Å². The predicted octanol–water partition coefficient (Wildman–Crippen LogP) is 15.5. The molecule has 0 aromatic heterocycles. The molecule has 0 aliphatic heterocycles. The van der Waals surface area contributed by atoms with Crippen molar-refractivity contribution in [2.75, 3.05) is 0 Å². The zero-order valence-corrected chi connectivity index (χ0v) is 109. The van der Waals surface area contributed by atoms with Gasteiger partial charge in [-0.05, 0) is 72.5 Å². The van der Waals surface area contributed by atoms with Crippen molar-refractivity contribution >= 4 is 0 Å². The average molecular weight is 2580 g/mol. The fourth-order valence-electron chi connectivity index (χ4n) is 10.9. The van der Waals surface area contributed by atoms with Crippen molar-refractivity contribution in [1.82, 2.24) is 0 Å². The normalized spacial score (nSPS) is 16.1. The second kappa shape index (κ2) is 93.5. The Morgan fingerprint density at radius 1 is 0.458 bits per heavy atom. The van der Waals surface area contributed by atoms with Gasteiger partial charge in [0.15, 0.2) is 0 Å². The van der Waals surface area contributed by atoms with Gasteiger partial charge in [-0.1, -0.05) is 203 Å². The van der Waals surface area contributed by atoms with Gasteiger partial charge in [0.1, 0.15) is 0 Å². The Balaban J connectivity index is -0.0000000652. The van der Waals surface area contributed by atoms with Gasteiger partial charge in [-0.25, -0.2) is 18.1 Å². The average Bonchev–Trinajstić information content (AvgIpc) is 3.09. The summed E-state index contributed by atoms with van der Waals surface area (Å²) in [6.45, 7) is 29.3. The molecule has 0 aromatic rings. The van der Waals surface area contributed by atoms with Crippen LogP contribution in [0.15, 0.2) is 23.3 Å². The second-order valence-corrected chi connectivity index (χ2v) is 18.6. The van der Waals surface area contributed by atoms with Gasteiger partial charge in [0.25, 0.3) is 0 Å². The summed E-state index contributed by atoms with van der Waals surface area (Å²) >= 11 is 0. The van der Waals surface area contributed by atoms with Gasteiger partial charge in [0.2, 0.25) is 0 Å². The van der Waals surface area contributed by atoms with Gasteiger partial charge < -0.3 is 10.2 Å². The molecular formula is C49H92O2Y21-2. The van der Waals surface area contributed by atoms with Crippen LogP contribution in [0.4, 0.5) is 0 Å². The van der Waals surface area contributed by atoms with Gasteiger partial charge in [0, 0.05) is 687 Å². The van der Waals surface area contributed by atoms with Gasteiger partial charge in [-0.15, -0.1) is 12.2 Å². The largest absolute Gasteiger partial charge is 0.438 e. The molecule has 0 bridgehead atoms. The van der Waals surface area contributed by atoms with Crippen LogP contribution in [-0.4, -0.2) is 22.4 Å². The Kier molecular flexibility index (Phi) is 198. The van der Waals surface area contributed by atoms with Crippen molar-refractivity contribution in [2.45, 2.75) is 249 Å². The monoisotopic (exact) mass is 2580 g/mol. The SMILES string of the molecule is CCCCCCCCC(C)(C)[C@](CCCCCC)(CCCCCCC)[C@](C)(CCCC)[C@](CC)(CCC)/C(C)=C/C=C1\[CH-][C@@H](O)[CH-][C@H](O)C1(C)C.[Y].[Y].[Y].[Y].[Y].[Y].[Y].[Y].[Y].[Y].[Y].[Y].[Y].[Y].[Y].[Y].[Y].[Y].[Y].[Y].[Y]. The Labute approximate surface area is 981 Å². The van der Waals surface area contributed by atoms with Gasteiger partial charge in [-0.2, -0.15) is 0 Å². The van der Waals surface area contributed by atoms with Crippen molar-refractivity contribution < 1.29 is 697 Å². The molecule has 1 fully saturated rings. The number of rotatable bonds is 29. The first kappa shape index (κ1) is 153. The summed E-state index contributed by atoms with van der Waals surface area (Å²) in [5.41, 5.74) is 2.77. The summed E-state index contributed by atoms with van der Waals surface area (Å²) in [7, 11) is 0. The quantitative estimate of drug-likeness (QED) is 0.0579. The van der Waals surface area contributed by atoms with E-state index in [-0.39, 0.29) is 709 Å². The van der Waals surface area contributed by atoms with Gasteiger partial charge in [0.05, 0.1) is 0 Å². The molecule has 2 nitrogen and oxygen atoms in total. The fraction of sp³-hybridized carbons (Fsp3) is 0.878. The smallest absolute Gasteiger partial charge is 0 e. The molecule has 0 aromatic carbocycles. The van der Waals surface area contributed by atoms with E-state index in [4.69, 9.17) is 0 Å². The molecule has 21 radical (unpaired) electrons. The molecular weight excluding hydrogens is 2490 g/mol. The van der Waals surface area contributed by atoms with Crippen molar-refractivity contribution in [1.29, 1.82) is 0 Å². The maximum absolute atomic E-state index is 10.9. The second-order valence-electron chi connectivity index (χ2n) is 18.6. The topological polar surface area (TPSA) is 40.5 Å². The van der Waals surface area contributed by atoms with E-state index in [9.17, 15) is 10.2 Å². The molecule has 5 atom stereocenters. The molecule has 0 spiro atoms. The number of hydrogen-bond acceptors (Lipinski definition) is 2.